The van der Waals surface area contributed by atoms with Crippen LogP contribution in [0.25, 0.3) is 22.0 Å². The number of nitrogens with one attached hydrogen (secondary N) is 1. The highest BCUT2D eigenvalue weighted by Gasteiger charge is 2.23. The monoisotopic (exact) mass is 488 g/mol. The summed E-state index contributed by atoms with van der Waals surface area (Å²) >= 11 is 9.68. The Morgan fingerprint density at radius 3 is 2.45 bits per heavy atom. The molecule has 4 rings (SSSR count). The van der Waals surface area contributed by atoms with Crippen LogP contribution in [0.4, 0.5) is 5.82 Å². The van der Waals surface area contributed by atoms with E-state index in [0.29, 0.717) is 22.9 Å². The van der Waals surface area contributed by atoms with Gasteiger partial charge in [0.25, 0.3) is 0 Å². The van der Waals surface area contributed by atoms with Crippen molar-refractivity contribution in [1.82, 2.24) is 3.97 Å². The first-order chi connectivity index (χ1) is 13.8. The van der Waals surface area contributed by atoms with Gasteiger partial charge in [0.1, 0.15) is 5.82 Å². The third kappa shape index (κ3) is 4.06. The maximum absolute atomic E-state index is 12.8. The molecule has 0 aliphatic carbocycles. The molecule has 1 aromatic heterocycles. The molecule has 4 aromatic rings. The zero-order chi connectivity index (χ0) is 20.6. The van der Waals surface area contributed by atoms with E-state index in [4.69, 9.17) is 11.6 Å². The van der Waals surface area contributed by atoms with Crippen LogP contribution in [0, 0.1) is 0 Å². The molecule has 0 saturated heterocycles. The minimum absolute atomic E-state index is 0.471. The van der Waals surface area contributed by atoms with Gasteiger partial charge in [-0.05, 0) is 35.4 Å². The van der Waals surface area contributed by atoms with Gasteiger partial charge in [-0.25, -0.2) is 12.4 Å². The Hall–Kier alpha value is -2.28. The third-order valence-electron chi connectivity index (χ3n) is 4.63. The number of aromatic nitrogens is 1. The molecule has 0 fully saturated rings. The predicted molar refractivity (Wildman–Crippen MR) is 124 cm³/mol. The topological polar surface area (TPSA) is 51.1 Å². The highest BCUT2D eigenvalue weighted by Crippen LogP contribution is 2.40. The molecular formula is C22H18BrClN2O2S. The number of anilines is 1. The van der Waals surface area contributed by atoms with Gasteiger partial charge in [-0.3, -0.25) is 0 Å². The Kier molecular flexibility index (Phi) is 5.42. The number of hydrogen-bond acceptors (Lipinski definition) is 3. The molecule has 1 N–H and O–H groups in total. The molecule has 148 valence electrons. The fourth-order valence-corrected chi connectivity index (χ4v) is 5.08. The summed E-state index contributed by atoms with van der Waals surface area (Å²) in [6.45, 7) is 0.471. The zero-order valence-electron chi connectivity index (χ0n) is 15.6. The van der Waals surface area contributed by atoms with Crippen LogP contribution in [0.15, 0.2) is 77.3 Å². The minimum atomic E-state index is -3.59. The summed E-state index contributed by atoms with van der Waals surface area (Å²) in [6, 6.07) is 23.0. The van der Waals surface area contributed by atoms with Crippen molar-refractivity contribution in [3.05, 3.63) is 87.9 Å². The fraction of sp³-hybridized carbons (Fsp3) is 0.0909. The zero-order valence-corrected chi connectivity index (χ0v) is 18.7. The second-order valence-corrected chi connectivity index (χ2v) is 9.95. The lowest BCUT2D eigenvalue weighted by molar-refractivity contribution is 0.595. The molecule has 0 bridgehead atoms. The van der Waals surface area contributed by atoms with E-state index in [1.165, 1.54) is 10.2 Å². The van der Waals surface area contributed by atoms with Crippen LogP contribution in [0.5, 0.6) is 0 Å². The quantitative estimate of drug-likeness (QED) is 0.366. The highest BCUT2D eigenvalue weighted by molar-refractivity contribution is 9.10. The lowest BCUT2D eigenvalue weighted by Crippen LogP contribution is -2.14. The fourth-order valence-electron chi connectivity index (χ4n) is 3.47. The second-order valence-electron chi connectivity index (χ2n) is 6.76. The van der Waals surface area contributed by atoms with Crippen LogP contribution in [0.1, 0.15) is 5.56 Å². The van der Waals surface area contributed by atoms with Crippen LogP contribution in [-0.2, 0) is 16.6 Å². The molecule has 29 heavy (non-hydrogen) atoms. The van der Waals surface area contributed by atoms with Gasteiger partial charge in [-0.2, -0.15) is 0 Å². The SMILES string of the molecule is CS(=O)(=O)n1c(NCc2cccc(Br)c2)c(-c2ccccc2)c2ccc(Cl)cc21. The number of rotatable bonds is 5. The highest BCUT2D eigenvalue weighted by atomic mass is 79.9. The summed E-state index contributed by atoms with van der Waals surface area (Å²) in [5, 5.41) is 4.67. The first-order valence-corrected chi connectivity index (χ1v) is 11.9. The van der Waals surface area contributed by atoms with E-state index in [9.17, 15) is 8.42 Å². The number of hydrogen-bond donors (Lipinski definition) is 1. The molecule has 0 aliphatic rings. The molecule has 0 atom stereocenters. The Bertz CT molecular complexity index is 1300. The van der Waals surface area contributed by atoms with Gasteiger partial charge in [0, 0.05) is 27.0 Å². The average Bonchev–Trinajstić information content (AvgIpc) is 3.00. The molecule has 1 heterocycles. The van der Waals surface area contributed by atoms with E-state index in [1.807, 2.05) is 60.7 Å². The molecule has 0 spiro atoms. The summed E-state index contributed by atoms with van der Waals surface area (Å²) < 4.78 is 27.8. The van der Waals surface area contributed by atoms with E-state index < -0.39 is 10.0 Å². The maximum Gasteiger partial charge on any atom is 0.237 e. The summed E-state index contributed by atoms with van der Waals surface area (Å²) in [5.41, 5.74) is 3.34. The standard InChI is InChI=1S/C22H18BrClN2O2S/c1-29(27,28)26-20-13-18(24)10-11-19(20)21(16-7-3-2-4-8-16)22(26)25-14-15-6-5-9-17(23)12-15/h2-13,25H,14H2,1H3. The van der Waals surface area contributed by atoms with Crippen LogP contribution >= 0.6 is 27.5 Å². The van der Waals surface area contributed by atoms with Crippen LogP contribution in [0.2, 0.25) is 5.02 Å². The van der Waals surface area contributed by atoms with Gasteiger partial charge in [0.2, 0.25) is 10.0 Å². The van der Waals surface area contributed by atoms with Gasteiger partial charge in [0.05, 0.1) is 11.8 Å². The molecule has 0 saturated carbocycles. The van der Waals surface area contributed by atoms with Crippen molar-refractivity contribution < 1.29 is 8.42 Å². The van der Waals surface area contributed by atoms with Gasteiger partial charge in [0.15, 0.2) is 0 Å². The van der Waals surface area contributed by atoms with E-state index >= 15 is 0 Å². The van der Waals surface area contributed by atoms with Crippen LogP contribution in [0.3, 0.4) is 0 Å². The largest absolute Gasteiger partial charge is 0.366 e. The first kappa shape index (κ1) is 20.0. The molecule has 0 aliphatic heterocycles. The van der Waals surface area contributed by atoms with E-state index in [-0.39, 0.29) is 0 Å². The van der Waals surface area contributed by atoms with Crippen LogP contribution < -0.4 is 5.32 Å². The van der Waals surface area contributed by atoms with Crippen molar-refractivity contribution in [3.8, 4) is 11.1 Å². The molecule has 0 amide bonds. The van der Waals surface area contributed by atoms with Crippen molar-refractivity contribution in [2.75, 3.05) is 11.6 Å². The van der Waals surface area contributed by atoms with E-state index in [1.54, 1.807) is 12.1 Å². The first-order valence-electron chi connectivity index (χ1n) is 8.93. The maximum atomic E-state index is 12.8. The number of nitrogens with zero attached hydrogens (tertiary/aromatic N) is 1. The average molecular weight is 490 g/mol. The normalized spacial score (nSPS) is 11.7. The lowest BCUT2D eigenvalue weighted by atomic mass is 10.0. The Labute approximate surface area is 183 Å². The van der Waals surface area contributed by atoms with E-state index in [0.717, 1.165) is 26.5 Å². The molecular weight excluding hydrogens is 472 g/mol. The molecule has 3 aromatic carbocycles. The Morgan fingerprint density at radius 1 is 1.00 bits per heavy atom. The predicted octanol–water partition coefficient (Wildman–Crippen LogP) is 6.14. The summed E-state index contributed by atoms with van der Waals surface area (Å²) in [6.07, 6.45) is 1.20. The second kappa shape index (κ2) is 7.86. The van der Waals surface area contributed by atoms with Crippen molar-refractivity contribution in [1.29, 1.82) is 0 Å². The molecule has 4 nitrogen and oxygen atoms in total. The van der Waals surface area contributed by atoms with Crippen LogP contribution in [-0.4, -0.2) is 18.6 Å². The number of fused-ring (bicyclic) bond motifs is 1. The van der Waals surface area contributed by atoms with Gasteiger partial charge in [-0.15, -0.1) is 0 Å². The van der Waals surface area contributed by atoms with Crippen molar-refractivity contribution >= 4 is 54.3 Å². The Balaban J connectivity index is 1.97. The van der Waals surface area contributed by atoms with Crippen molar-refractivity contribution in [3.63, 3.8) is 0 Å². The third-order valence-corrected chi connectivity index (χ3v) is 6.40. The summed E-state index contributed by atoms with van der Waals surface area (Å²) in [7, 11) is -3.59. The Morgan fingerprint density at radius 2 is 1.76 bits per heavy atom. The van der Waals surface area contributed by atoms with Gasteiger partial charge < -0.3 is 5.32 Å². The smallest absolute Gasteiger partial charge is 0.237 e. The van der Waals surface area contributed by atoms with E-state index in [2.05, 4.69) is 21.2 Å². The molecule has 0 unspecified atom stereocenters. The number of halogens is 2. The molecule has 0 radical (unpaired) electrons. The minimum Gasteiger partial charge on any atom is -0.366 e. The summed E-state index contributed by atoms with van der Waals surface area (Å²) in [4.78, 5) is 0. The number of benzene rings is 3. The molecule has 7 heteroatoms. The van der Waals surface area contributed by atoms with Crippen molar-refractivity contribution in [2.24, 2.45) is 0 Å². The van der Waals surface area contributed by atoms with Crippen molar-refractivity contribution in [2.45, 2.75) is 6.54 Å². The lowest BCUT2D eigenvalue weighted by Gasteiger charge is -2.13. The summed E-state index contributed by atoms with van der Waals surface area (Å²) in [5.74, 6) is 0.524. The van der Waals surface area contributed by atoms with Gasteiger partial charge in [-0.1, -0.05) is 76.1 Å². The van der Waals surface area contributed by atoms with Gasteiger partial charge >= 0.3 is 0 Å².